The Labute approximate surface area is 165 Å². The van der Waals surface area contributed by atoms with Crippen molar-refractivity contribution in [2.24, 2.45) is 0 Å². The van der Waals surface area contributed by atoms with Gasteiger partial charge in [0, 0.05) is 43.0 Å². The van der Waals surface area contributed by atoms with E-state index in [4.69, 9.17) is 10.5 Å². The average Bonchev–Trinajstić information content (AvgIpc) is 2.67. The first-order valence-electron chi connectivity index (χ1n) is 9.61. The zero-order chi connectivity index (χ0) is 20.3. The Morgan fingerprint density at radius 2 is 1.86 bits per heavy atom. The third kappa shape index (κ3) is 4.62. The van der Waals surface area contributed by atoms with Crippen LogP contribution in [-0.2, 0) is 11.3 Å². The largest absolute Gasteiger partial charge is 0.483 e. The number of halogens is 1. The fraction of sp³-hybridized carbons (Fsp3) is 0.409. The van der Waals surface area contributed by atoms with Gasteiger partial charge in [-0.1, -0.05) is 18.2 Å². The quantitative estimate of drug-likeness (QED) is 0.803. The first-order chi connectivity index (χ1) is 13.3. The molecule has 1 saturated heterocycles. The molecule has 5 nitrogen and oxygen atoms in total. The van der Waals surface area contributed by atoms with Crippen LogP contribution < -0.4 is 10.5 Å². The number of nitrogens with zero attached hydrogens (tertiary/aromatic N) is 2. The van der Waals surface area contributed by atoms with Crippen LogP contribution >= 0.6 is 0 Å². The molecule has 1 aliphatic heterocycles. The van der Waals surface area contributed by atoms with Crippen molar-refractivity contribution in [1.82, 2.24) is 9.80 Å². The molecule has 0 aliphatic carbocycles. The topological polar surface area (TPSA) is 58.8 Å². The van der Waals surface area contributed by atoms with E-state index >= 15 is 0 Å². The minimum absolute atomic E-state index is 0.000679. The molecule has 3 rings (SSSR count). The SMILES string of the molecule is Cc1c(N)cccc1OCC(=O)N1C[C@@H](C)N(Cc2ccc(F)cc2)C[C@@H]1C. The van der Waals surface area contributed by atoms with E-state index in [-0.39, 0.29) is 30.4 Å². The molecule has 1 aliphatic rings. The molecule has 2 atom stereocenters. The van der Waals surface area contributed by atoms with Gasteiger partial charge in [-0.3, -0.25) is 9.69 Å². The lowest BCUT2D eigenvalue weighted by Gasteiger charge is -2.44. The zero-order valence-electron chi connectivity index (χ0n) is 16.7. The molecule has 6 heteroatoms. The Morgan fingerprint density at radius 1 is 1.14 bits per heavy atom. The van der Waals surface area contributed by atoms with Crippen LogP contribution in [0.25, 0.3) is 0 Å². The number of carbonyl (C=O) groups excluding carboxylic acids is 1. The second-order valence-corrected chi connectivity index (χ2v) is 7.56. The summed E-state index contributed by atoms with van der Waals surface area (Å²) in [6, 6.07) is 12.3. The Hall–Kier alpha value is -2.60. The maximum atomic E-state index is 13.1. The van der Waals surface area contributed by atoms with Crippen LogP contribution in [0.2, 0.25) is 0 Å². The highest BCUT2D eigenvalue weighted by molar-refractivity contribution is 5.78. The minimum atomic E-state index is -0.226. The lowest BCUT2D eigenvalue weighted by Crippen LogP contribution is -2.58. The zero-order valence-corrected chi connectivity index (χ0v) is 16.7. The molecule has 0 radical (unpaired) electrons. The highest BCUT2D eigenvalue weighted by Crippen LogP contribution is 2.23. The Morgan fingerprint density at radius 3 is 2.57 bits per heavy atom. The van der Waals surface area contributed by atoms with Gasteiger partial charge in [-0.05, 0) is 50.6 Å². The summed E-state index contributed by atoms with van der Waals surface area (Å²) in [7, 11) is 0. The van der Waals surface area contributed by atoms with Crippen LogP contribution in [0.4, 0.5) is 10.1 Å². The average molecular weight is 385 g/mol. The van der Waals surface area contributed by atoms with Crippen molar-refractivity contribution in [2.45, 2.75) is 39.4 Å². The predicted octanol–water partition coefficient (Wildman–Crippen LogP) is 3.22. The second kappa shape index (κ2) is 8.61. The summed E-state index contributed by atoms with van der Waals surface area (Å²) in [4.78, 5) is 16.9. The van der Waals surface area contributed by atoms with Crippen molar-refractivity contribution in [1.29, 1.82) is 0 Å². The summed E-state index contributed by atoms with van der Waals surface area (Å²) in [6.07, 6.45) is 0. The molecule has 150 valence electrons. The van der Waals surface area contributed by atoms with Gasteiger partial charge in [0.05, 0.1) is 0 Å². The Bertz CT molecular complexity index is 825. The van der Waals surface area contributed by atoms with Crippen molar-refractivity contribution in [3.05, 3.63) is 59.4 Å². The molecule has 0 saturated carbocycles. The standard InChI is InChI=1S/C22H28FN3O2/c1-15-12-26(22(27)14-28-21-6-4-5-20(24)17(21)3)16(2)11-25(15)13-18-7-9-19(23)10-8-18/h4-10,15-16H,11-14,24H2,1-3H3/t15-,16+/m1/s1. The van der Waals surface area contributed by atoms with Gasteiger partial charge < -0.3 is 15.4 Å². The van der Waals surface area contributed by atoms with E-state index < -0.39 is 0 Å². The summed E-state index contributed by atoms with van der Waals surface area (Å²) in [5, 5.41) is 0. The van der Waals surface area contributed by atoms with E-state index in [0.29, 0.717) is 18.0 Å². The minimum Gasteiger partial charge on any atom is -0.483 e. The van der Waals surface area contributed by atoms with E-state index in [2.05, 4.69) is 11.8 Å². The number of anilines is 1. The summed E-state index contributed by atoms with van der Waals surface area (Å²) in [6.45, 7) is 8.19. The molecule has 0 spiro atoms. The molecule has 2 aromatic carbocycles. The summed E-state index contributed by atoms with van der Waals surface area (Å²) >= 11 is 0. The van der Waals surface area contributed by atoms with Crippen molar-refractivity contribution in [3.8, 4) is 5.75 Å². The predicted molar refractivity (Wildman–Crippen MR) is 109 cm³/mol. The number of nitrogens with two attached hydrogens (primary N) is 1. The lowest BCUT2D eigenvalue weighted by atomic mass is 10.1. The van der Waals surface area contributed by atoms with Crippen molar-refractivity contribution in [3.63, 3.8) is 0 Å². The number of ether oxygens (including phenoxy) is 1. The number of carbonyl (C=O) groups is 1. The molecule has 1 heterocycles. The maximum Gasteiger partial charge on any atom is 0.260 e. The molecule has 1 amide bonds. The van der Waals surface area contributed by atoms with Gasteiger partial charge in [0.2, 0.25) is 0 Å². The number of hydrogen-bond donors (Lipinski definition) is 1. The smallest absolute Gasteiger partial charge is 0.260 e. The summed E-state index contributed by atoms with van der Waals surface area (Å²) in [5.74, 6) is 0.391. The van der Waals surface area contributed by atoms with Gasteiger partial charge in [0.25, 0.3) is 5.91 Å². The molecular formula is C22H28FN3O2. The van der Waals surface area contributed by atoms with Crippen LogP contribution in [0.15, 0.2) is 42.5 Å². The number of nitrogen functional groups attached to an aromatic ring is 1. The van der Waals surface area contributed by atoms with Gasteiger partial charge in [-0.15, -0.1) is 0 Å². The molecule has 0 bridgehead atoms. The van der Waals surface area contributed by atoms with Crippen molar-refractivity contribution in [2.75, 3.05) is 25.4 Å². The molecule has 2 aromatic rings. The third-order valence-corrected chi connectivity index (χ3v) is 5.41. The van der Waals surface area contributed by atoms with Gasteiger partial charge in [-0.25, -0.2) is 4.39 Å². The van der Waals surface area contributed by atoms with E-state index in [0.717, 1.165) is 24.2 Å². The second-order valence-electron chi connectivity index (χ2n) is 7.56. The monoisotopic (exact) mass is 385 g/mol. The summed E-state index contributed by atoms with van der Waals surface area (Å²) in [5.41, 5.74) is 8.47. The summed E-state index contributed by atoms with van der Waals surface area (Å²) < 4.78 is 18.8. The first kappa shape index (κ1) is 20.1. The van der Waals surface area contributed by atoms with Crippen LogP contribution in [0, 0.1) is 12.7 Å². The molecule has 1 fully saturated rings. The number of amides is 1. The number of piperazine rings is 1. The molecule has 2 N–H and O–H groups in total. The van der Waals surface area contributed by atoms with Crippen LogP contribution in [0.3, 0.4) is 0 Å². The lowest BCUT2D eigenvalue weighted by molar-refractivity contribution is -0.139. The Kier molecular flexibility index (Phi) is 6.19. The van der Waals surface area contributed by atoms with Crippen LogP contribution in [-0.4, -0.2) is 47.5 Å². The van der Waals surface area contributed by atoms with E-state index in [1.165, 1.54) is 12.1 Å². The maximum absolute atomic E-state index is 13.1. The van der Waals surface area contributed by atoms with E-state index in [9.17, 15) is 9.18 Å². The third-order valence-electron chi connectivity index (χ3n) is 5.41. The number of hydrogen-bond acceptors (Lipinski definition) is 4. The fourth-order valence-corrected chi connectivity index (χ4v) is 3.60. The molecule has 28 heavy (non-hydrogen) atoms. The van der Waals surface area contributed by atoms with E-state index in [1.54, 1.807) is 0 Å². The highest BCUT2D eigenvalue weighted by atomic mass is 19.1. The van der Waals surface area contributed by atoms with Crippen molar-refractivity contribution >= 4 is 11.6 Å². The normalized spacial score (nSPS) is 20.2. The molecular weight excluding hydrogens is 357 g/mol. The highest BCUT2D eigenvalue weighted by Gasteiger charge is 2.32. The Balaban J connectivity index is 1.57. The molecule has 0 aromatic heterocycles. The van der Waals surface area contributed by atoms with Crippen LogP contribution in [0.1, 0.15) is 25.0 Å². The first-order valence-corrected chi connectivity index (χ1v) is 9.61. The van der Waals surface area contributed by atoms with E-state index in [1.807, 2.05) is 49.1 Å². The van der Waals surface area contributed by atoms with Gasteiger partial charge in [-0.2, -0.15) is 0 Å². The van der Waals surface area contributed by atoms with Gasteiger partial charge in [0.1, 0.15) is 11.6 Å². The van der Waals surface area contributed by atoms with Gasteiger partial charge in [0.15, 0.2) is 6.61 Å². The van der Waals surface area contributed by atoms with Crippen LogP contribution in [0.5, 0.6) is 5.75 Å². The molecule has 0 unspecified atom stereocenters. The number of rotatable bonds is 5. The number of benzene rings is 2. The van der Waals surface area contributed by atoms with Gasteiger partial charge >= 0.3 is 0 Å². The fourth-order valence-electron chi connectivity index (χ4n) is 3.60. The van der Waals surface area contributed by atoms with Crippen molar-refractivity contribution < 1.29 is 13.9 Å².